The summed E-state index contributed by atoms with van der Waals surface area (Å²) < 4.78 is 5.26. The number of H-pyrrole nitrogens is 2. The van der Waals surface area contributed by atoms with Crippen LogP contribution in [-0.2, 0) is 0 Å². The van der Waals surface area contributed by atoms with E-state index in [-0.39, 0.29) is 0 Å². The number of ether oxygens (including phenoxy) is 1. The van der Waals surface area contributed by atoms with Gasteiger partial charge in [0, 0.05) is 0 Å². The van der Waals surface area contributed by atoms with Crippen molar-refractivity contribution in [3.63, 3.8) is 0 Å². The first-order chi connectivity index (χ1) is 6.85. The molecule has 0 aromatic carbocycles. The van der Waals surface area contributed by atoms with Crippen molar-refractivity contribution in [2.45, 2.75) is 11.9 Å². The lowest BCUT2D eigenvalue weighted by molar-refractivity contribution is -0.427. The second-order valence-electron chi connectivity index (χ2n) is 2.61. The summed E-state index contributed by atoms with van der Waals surface area (Å²) in [5.41, 5.74) is 1.57. The Kier molecular flexibility index (Phi) is 2.53. The summed E-state index contributed by atoms with van der Waals surface area (Å²) >= 11 is 1.61. The van der Waals surface area contributed by atoms with Gasteiger partial charge in [0.15, 0.2) is 10.5 Å². The van der Waals surface area contributed by atoms with Gasteiger partial charge in [-0.25, -0.2) is 4.98 Å². The van der Waals surface area contributed by atoms with Crippen molar-refractivity contribution in [1.82, 2.24) is 15.0 Å². The van der Waals surface area contributed by atoms with Crippen LogP contribution in [0.3, 0.4) is 0 Å². The van der Waals surface area contributed by atoms with Crippen molar-refractivity contribution in [2.75, 3.05) is 12.9 Å². The van der Waals surface area contributed by atoms with Crippen molar-refractivity contribution in [3.8, 4) is 6.01 Å². The maximum absolute atomic E-state index is 5.26. The van der Waals surface area contributed by atoms with Crippen molar-refractivity contribution < 1.29 is 9.72 Å². The normalized spacial score (nSPS) is 10.7. The maximum Gasteiger partial charge on any atom is 0.299 e. The highest BCUT2D eigenvalue weighted by molar-refractivity contribution is 7.98. The van der Waals surface area contributed by atoms with Gasteiger partial charge in [-0.3, -0.25) is 0 Å². The summed E-state index contributed by atoms with van der Waals surface area (Å²) in [6, 6.07) is 0.518. The number of nitrogens with one attached hydrogen (secondary N) is 2. The molecule has 14 heavy (non-hydrogen) atoms. The van der Waals surface area contributed by atoms with Crippen LogP contribution in [0.2, 0.25) is 0 Å². The summed E-state index contributed by atoms with van der Waals surface area (Å²) in [6.07, 6.45) is 3.62. The molecule has 0 bridgehead atoms. The number of aromatic nitrogens is 4. The van der Waals surface area contributed by atoms with Gasteiger partial charge in [0.1, 0.15) is 0 Å². The second-order valence-corrected chi connectivity index (χ2v) is 3.43. The van der Waals surface area contributed by atoms with E-state index in [9.17, 15) is 0 Å². The molecule has 0 fully saturated rings. The highest BCUT2D eigenvalue weighted by Crippen LogP contribution is 2.20. The molecule has 0 aliphatic heterocycles. The van der Waals surface area contributed by atoms with E-state index >= 15 is 0 Å². The Bertz CT molecular complexity index is 442. The van der Waals surface area contributed by atoms with E-state index in [4.69, 9.17) is 4.74 Å². The molecule has 0 aliphatic rings. The minimum atomic E-state index is 0.518. The van der Waals surface area contributed by atoms with Crippen LogP contribution in [0.15, 0.2) is 11.4 Å². The molecular formula is C8H11N4OS+. The SMILES string of the molecule is CCOc1nc2nc[nH+]c(SC)c2[nH]1. The number of aromatic amines is 2. The van der Waals surface area contributed by atoms with E-state index in [1.807, 2.05) is 13.2 Å². The van der Waals surface area contributed by atoms with E-state index in [0.717, 1.165) is 10.5 Å². The first-order valence-electron chi connectivity index (χ1n) is 4.28. The van der Waals surface area contributed by atoms with Gasteiger partial charge < -0.3 is 9.72 Å². The van der Waals surface area contributed by atoms with Gasteiger partial charge in [0.05, 0.1) is 6.61 Å². The van der Waals surface area contributed by atoms with E-state index in [2.05, 4.69) is 19.9 Å². The molecule has 2 heterocycles. The van der Waals surface area contributed by atoms with Gasteiger partial charge in [0.2, 0.25) is 0 Å². The third-order valence-corrected chi connectivity index (χ3v) is 2.49. The molecular weight excluding hydrogens is 200 g/mol. The van der Waals surface area contributed by atoms with Gasteiger partial charge in [-0.05, 0) is 18.2 Å². The Balaban J connectivity index is 2.52. The molecule has 0 amide bonds. The lowest BCUT2D eigenvalue weighted by atomic mass is 10.6. The van der Waals surface area contributed by atoms with Gasteiger partial charge in [-0.1, -0.05) is 11.8 Å². The highest BCUT2D eigenvalue weighted by atomic mass is 32.2. The van der Waals surface area contributed by atoms with E-state index in [1.165, 1.54) is 0 Å². The molecule has 0 unspecified atom stereocenters. The zero-order valence-electron chi connectivity index (χ0n) is 8.00. The van der Waals surface area contributed by atoms with Gasteiger partial charge in [-0.15, -0.1) is 0 Å². The van der Waals surface area contributed by atoms with Crippen LogP contribution in [0.25, 0.3) is 11.2 Å². The molecule has 6 heteroatoms. The third kappa shape index (κ3) is 1.52. The van der Waals surface area contributed by atoms with E-state index in [0.29, 0.717) is 18.3 Å². The summed E-state index contributed by atoms with van der Waals surface area (Å²) in [5.74, 6) is 0. The minimum Gasteiger partial charge on any atom is -0.465 e. The summed E-state index contributed by atoms with van der Waals surface area (Å²) in [7, 11) is 0. The van der Waals surface area contributed by atoms with Crippen molar-refractivity contribution in [1.29, 1.82) is 0 Å². The predicted molar refractivity (Wildman–Crippen MR) is 53.4 cm³/mol. The van der Waals surface area contributed by atoms with Gasteiger partial charge in [-0.2, -0.15) is 4.98 Å². The fourth-order valence-electron chi connectivity index (χ4n) is 1.18. The lowest BCUT2D eigenvalue weighted by Gasteiger charge is -1.93. The quantitative estimate of drug-likeness (QED) is 0.605. The molecule has 0 spiro atoms. The lowest BCUT2D eigenvalue weighted by Crippen LogP contribution is -2.06. The molecule has 0 atom stereocenters. The zero-order valence-corrected chi connectivity index (χ0v) is 8.81. The fourth-order valence-corrected chi connectivity index (χ4v) is 1.70. The number of hydrogen-bond donors (Lipinski definition) is 1. The van der Waals surface area contributed by atoms with Gasteiger partial charge in [0.25, 0.3) is 18.0 Å². The minimum absolute atomic E-state index is 0.518. The Morgan fingerprint density at radius 2 is 2.50 bits per heavy atom. The van der Waals surface area contributed by atoms with E-state index < -0.39 is 0 Å². The smallest absolute Gasteiger partial charge is 0.299 e. The van der Waals surface area contributed by atoms with Crippen molar-refractivity contribution >= 4 is 22.9 Å². The van der Waals surface area contributed by atoms with Crippen LogP contribution in [0.5, 0.6) is 6.01 Å². The number of nitrogens with zero attached hydrogens (tertiary/aromatic N) is 2. The summed E-state index contributed by atoms with van der Waals surface area (Å²) in [5, 5.41) is 1.01. The number of thioether (sulfide) groups is 1. The molecule has 2 rings (SSSR count). The number of hydrogen-bond acceptors (Lipinski definition) is 4. The summed E-state index contributed by atoms with van der Waals surface area (Å²) in [6.45, 7) is 2.51. The molecule has 2 N–H and O–H groups in total. The fraction of sp³-hybridized carbons (Fsp3) is 0.375. The van der Waals surface area contributed by atoms with Crippen LogP contribution in [0.1, 0.15) is 6.92 Å². The van der Waals surface area contributed by atoms with Crippen LogP contribution < -0.4 is 9.72 Å². The van der Waals surface area contributed by atoms with Crippen LogP contribution >= 0.6 is 11.8 Å². The first kappa shape index (κ1) is 9.26. The molecule has 74 valence electrons. The Morgan fingerprint density at radius 1 is 1.64 bits per heavy atom. The Morgan fingerprint density at radius 3 is 3.21 bits per heavy atom. The van der Waals surface area contributed by atoms with Crippen LogP contribution in [0, 0.1) is 0 Å². The van der Waals surface area contributed by atoms with Crippen molar-refractivity contribution in [3.05, 3.63) is 6.33 Å². The van der Waals surface area contributed by atoms with Crippen molar-refractivity contribution in [2.24, 2.45) is 0 Å². The van der Waals surface area contributed by atoms with Gasteiger partial charge >= 0.3 is 0 Å². The average molecular weight is 211 g/mol. The molecule has 5 nitrogen and oxygen atoms in total. The molecule has 0 radical (unpaired) electrons. The van der Waals surface area contributed by atoms with E-state index in [1.54, 1.807) is 18.1 Å². The number of imidazole rings is 1. The molecule has 0 aliphatic carbocycles. The molecule has 2 aromatic rings. The molecule has 2 aromatic heterocycles. The van der Waals surface area contributed by atoms with Crippen LogP contribution in [0.4, 0.5) is 0 Å². The standard InChI is InChI=1S/C8H10N4OS/c1-3-13-8-11-5-6(12-8)9-4-10-7(5)14-2/h4H,3H2,1-2H3,(H,9,10,11,12)/p+1. The number of rotatable bonds is 3. The average Bonchev–Trinajstić information content (AvgIpc) is 2.60. The predicted octanol–water partition coefficient (Wildman–Crippen LogP) is 0.893. The highest BCUT2D eigenvalue weighted by Gasteiger charge is 2.14. The Labute approximate surface area is 85.3 Å². The largest absolute Gasteiger partial charge is 0.465 e. The number of fused-ring (bicyclic) bond motifs is 1. The Hall–Kier alpha value is -1.30. The molecule has 0 saturated heterocycles. The molecule has 0 saturated carbocycles. The first-order valence-corrected chi connectivity index (χ1v) is 5.50. The zero-order chi connectivity index (χ0) is 9.97. The summed E-state index contributed by atoms with van der Waals surface area (Å²) in [4.78, 5) is 14.4. The monoisotopic (exact) mass is 211 g/mol. The second kappa shape index (κ2) is 3.83. The maximum atomic E-state index is 5.26. The topological polar surface area (TPSA) is 64.9 Å². The third-order valence-electron chi connectivity index (χ3n) is 1.76. The van der Waals surface area contributed by atoms with Crippen LogP contribution in [-0.4, -0.2) is 27.8 Å².